The number of hydrogen-bond donors (Lipinski definition) is 2. The maximum Gasteiger partial charge on any atom is 0.237 e. The summed E-state index contributed by atoms with van der Waals surface area (Å²) >= 11 is 0. The Morgan fingerprint density at radius 1 is 1.07 bits per heavy atom. The second-order valence-corrected chi connectivity index (χ2v) is 8.28. The molecule has 1 saturated heterocycles. The van der Waals surface area contributed by atoms with E-state index in [0.717, 1.165) is 38.2 Å². The van der Waals surface area contributed by atoms with Gasteiger partial charge in [0, 0.05) is 19.6 Å². The van der Waals surface area contributed by atoms with Gasteiger partial charge in [0.1, 0.15) is 5.82 Å². The van der Waals surface area contributed by atoms with Gasteiger partial charge in [-0.05, 0) is 73.5 Å². The summed E-state index contributed by atoms with van der Waals surface area (Å²) in [4.78, 5) is 15.5. The molecule has 1 unspecified atom stereocenters. The van der Waals surface area contributed by atoms with Crippen LogP contribution in [-0.2, 0) is 24.2 Å². The maximum absolute atomic E-state index is 13.1. The summed E-state index contributed by atoms with van der Waals surface area (Å²) in [6.07, 6.45) is 3.83. The number of rotatable bonds is 6. The molecule has 2 aliphatic rings. The number of amides is 1. The fourth-order valence-corrected chi connectivity index (χ4v) is 4.52. The molecule has 1 amide bonds. The molecule has 2 aromatic carbocycles. The van der Waals surface area contributed by atoms with Gasteiger partial charge in [0.25, 0.3) is 0 Å². The Morgan fingerprint density at radius 3 is 2.55 bits per heavy atom. The number of fused-ring (bicyclic) bond motifs is 1. The van der Waals surface area contributed by atoms with Crippen LogP contribution >= 0.6 is 0 Å². The van der Waals surface area contributed by atoms with Crippen molar-refractivity contribution >= 4 is 5.91 Å². The van der Waals surface area contributed by atoms with Crippen LogP contribution in [-0.4, -0.2) is 43.0 Å². The van der Waals surface area contributed by atoms with Gasteiger partial charge in [-0.15, -0.1) is 0 Å². The molecule has 154 valence electrons. The van der Waals surface area contributed by atoms with E-state index in [4.69, 9.17) is 0 Å². The second-order valence-electron chi connectivity index (χ2n) is 8.28. The van der Waals surface area contributed by atoms with Gasteiger partial charge in [0.15, 0.2) is 0 Å². The smallest absolute Gasteiger partial charge is 0.237 e. The first-order valence-electron chi connectivity index (χ1n) is 10.7. The molecule has 0 aromatic heterocycles. The Kier molecular flexibility index (Phi) is 6.57. The highest BCUT2D eigenvalue weighted by Crippen LogP contribution is 2.26. The van der Waals surface area contributed by atoms with E-state index in [0.29, 0.717) is 18.9 Å². The third-order valence-corrected chi connectivity index (χ3v) is 6.23. The van der Waals surface area contributed by atoms with Crippen LogP contribution in [0.4, 0.5) is 4.39 Å². The molecule has 2 aromatic rings. The summed E-state index contributed by atoms with van der Waals surface area (Å²) in [6, 6.07) is 14.9. The molecule has 0 radical (unpaired) electrons. The SMILES string of the molecule is O=C(NCCc1ccc(F)cc1)C1Cc2ccccc2CN1CC1CCNCC1. The Balaban J connectivity index is 1.40. The van der Waals surface area contributed by atoms with E-state index in [-0.39, 0.29) is 17.8 Å². The molecule has 1 atom stereocenters. The van der Waals surface area contributed by atoms with Crippen molar-refractivity contribution in [3.05, 3.63) is 71.0 Å². The highest BCUT2D eigenvalue weighted by molar-refractivity contribution is 5.82. The van der Waals surface area contributed by atoms with Crippen LogP contribution in [0.15, 0.2) is 48.5 Å². The van der Waals surface area contributed by atoms with Gasteiger partial charge in [-0.25, -0.2) is 4.39 Å². The highest BCUT2D eigenvalue weighted by atomic mass is 19.1. The summed E-state index contributed by atoms with van der Waals surface area (Å²) in [5.74, 6) is 0.527. The van der Waals surface area contributed by atoms with E-state index in [2.05, 4.69) is 39.8 Å². The van der Waals surface area contributed by atoms with Crippen molar-refractivity contribution in [1.82, 2.24) is 15.5 Å². The number of carbonyl (C=O) groups is 1. The van der Waals surface area contributed by atoms with Crippen LogP contribution in [0.5, 0.6) is 0 Å². The lowest BCUT2D eigenvalue weighted by atomic mass is 9.90. The zero-order valence-electron chi connectivity index (χ0n) is 16.9. The van der Waals surface area contributed by atoms with Gasteiger partial charge in [0.05, 0.1) is 6.04 Å². The molecule has 4 nitrogen and oxygen atoms in total. The Labute approximate surface area is 172 Å². The monoisotopic (exact) mass is 395 g/mol. The topological polar surface area (TPSA) is 44.4 Å². The van der Waals surface area contributed by atoms with Gasteiger partial charge in [0.2, 0.25) is 5.91 Å². The van der Waals surface area contributed by atoms with Gasteiger partial charge in [-0.3, -0.25) is 9.69 Å². The van der Waals surface area contributed by atoms with Crippen molar-refractivity contribution in [1.29, 1.82) is 0 Å². The fourth-order valence-electron chi connectivity index (χ4n) is 4.52. The van der Waals surface area contributed by atoms with Crippen molar-refractivity contribution in [2.24, 2.45) is 5.92 Å². The van der Waals surface area contributed by atoms with Crippen LogP contribution in [0.1, 0.15) is 29.5 Å². The molecular weight excluding hydrogens is 365 g/mol. The summed E-state index contributed by atoms with van der Waals surface area (Å²) in [7, 11) is 0. The number of piperidine rings is 1. The third kappa shape index (κ3) is 5.22. The Bertz CT molecular complexity index is 817. The summed E-state index contributed by atoms with van der Waals surface area (Å²) in [5.41, 5.74) is 3.66. The van der Waals surface area contributed by atoms with Crippen molar-refractivity contribution in [2.45, 2.75) is 38.3 Å². The number of nitrogens with zero attached hydrogens (tertiary/aromatic N) is 1. The molecular formula is C24H30FN3O. The highest BCUT2D eigenvalue weighted by Gasteiger charge is 2.32. The normalized spacial score (nSPS) is 20.2. The van der Waals surface area contributed by atoms with E-state index >= 15 is 0 Å². The lowest BCUT2D eigenvalue weighted by molar-refractivity contribution is -0.127. The molecule has 0 aliphatic carbocycles. The zero-order chi connectivity index (χ0) is 20.1. The van der Waals surface area contributed by atoms with Crippen LogP contribution in [0.3, 0.4) is 0 Å². The minimum absolute atomic E-state index is 0.107. The van der Waals surface area contributed by atoms with Gasteiger partial charge in [-0.2, -0.15) is 0 Å². The molecule has 1 fully saturated rings. The average molecular weight is 396 g/mol. The average Bonchev–Trinajstić information content (AvgIpc) is 2.75. The minimum atomic E-state index is -0.229. The molecule has 0 spiro atoms. The molecule has 2 N–H and O–H groups in total. The molecule has 2 aliphatic heterocycles. The molecule has 4 rings (SSSR count). The molecule has 2 heterocycles. The number of benzene rings is 2. The van der Waals surface area contributed by atoms with Crippen molar-refractivity contribution in [3.8, 4) is 0 Å². The standard InChI is InChI=1S/C24H30FN3O/c25-22-7-5-18(6-8-22)11-14-27-24(29)23-15-20-3-1-2-4-21(20)17-28(23)16-19-9-12-26-13-10-19/h1-8,19,23,26H,9-17H2,(H,27,29). The van der Waals surface area contributed by atoms with E-state index < -0.39 is 0 Å². The van der Waals surface area contributed by atoms with E-state index in [1.165, 1.54) is 36.1 Å². The lowest BCUT2D eigenvalue weighted by Gasteiger charge is -2.39. The molecule has 0 saturated carbocycles. The Morgan fingerprint density at radius 2 is 1.79 bits per heavy atom. The number of hydrogen-bond acceptors (Lipinski definition) is 3. The number of carbonyl (C=O) groups excluding carboxylic acids is 1. The number of nitrogens with one attached hydrogen (secondary N) is 2. The van der Waals surface area contributed by atoms with Gasteiger partial charge >= 0.3 is 0 Å². The van der Waals surface area contributed by atoms with Crippen molar-refractivity contribution < 1.29 is 9.18 Å². The first-order valence-corrected chi connectivity index (χ1v) is 10.7. The van der Waals surface area contributed by atoms with Gasteiger partial charge < -0.3 is 10.6 Å². The molecule has 5 heteroatoms. The van der Waals surface area contributed by atoms with E-state index in [1.54, 1.807) is 12.1 Å². The Hall–Kier alpha value is -2.24. The maximum atomic E-state index is 13.1. The van der Waals surface area contributed by atoms with Gasteiger partial charge in [-0.1, -0.05) is 36.4 Å². The van der Waals surface area contributed by atoms with Crippen LogP contribution in [0.25, 0.3) is 0 Å². The summed E-state index contributed by atoms with van der Waals surface area (Å²) < 4.78 is 13.1. The molecule has 0 bridgehead atoms. The van der Waals surface area contributed by atoms with E-state index in [1.807, 2.05) is 0 Å². The minimum Gasteiger partial charge on any atom is -0.354 e. The summed E-state index contributed by atoms with van der Waals surface area (Å²) in [5, 5.41) is 6.55. The fraction of sp³-hybridized carbons (Fsp3) is 0.458. The zero-order valence-corrected chi connectivity index (χ0v) is 16.9. The predicted molar refractivity (Wildman–Crippen MR) is 113 cm³/mol. The first kappa shape index (κ1) is 20.0. The predicted octanol–water partition coefficient (Wildman–Crippen LogP) is 2.91. The largest absolute Gasteiger partial charge is 0.354 e. The van der Waals surface area contributed by atoms with Crippen molar-refractivity contribution in [3.63, 3.8) is 0 Å². The first-order chi connectivity index (χ1) is 14.2. The lowest BCUT2D eigenvalue weighted by Crippen LogP contribution is -2.52. The second kappa shape index (κ2) is 9.51. The van der Waals surface area contributed by atoms with Crippen LogP contribution in [0.2, 0.25) is 0 Å². The van der Waals surface area contributed by atoms with Crippen LogP contribution in [0, 0.1) is 11.7 Å². The summed E-state index contributed by atoms with van der Waals surface area (Å²) in [6.45, 7) is 4.54. The third-order valence-electron chi connectivity index (χ3n) is 6.23. The van der Waals surface area contributed by atoms with E-state index in [9.17, 15) is 9.18 Å². The quantitative estimate of drug-likeness (QED) is 0.791. The van der Waals surface area contributed by atoms with Crippen LogP contribution < -0.4 is 10.6 Å². The molecule has 29 heavy (non-hydrogen) atoms. The number of halogens is 1. The van der Waals surface area contributed by atoms with Crippen molar-refractivity contribution in [2.75, 3.05) is 26.2 Å².